The molecule has 438 valence electrons. The first-order valence-corrected chi connectivity index (χ1v) is 33.7. The molecule has 0 N–H and O–H groups in total. The Morgan fingerprint density at radius 2 is 0.446 bits per heavy atom. The Balaban J connectivity index is 4.27. The van der Waals surface area contributed by atoms with Crippen LogP contribution in [0.3, 0.4) is 0 Å². The van der Waals surface area contributed by atoms with E-state index in [0.29, 0.717) is 19.3 Å². The zero-order chi connectivity index (χ0) is 53.6. The lowest BCUT2D eigenvalue weighted by Gasteiger charge is -2.18. The van der Waals surface area contributed by atoms with Gasteiger partial charge in [0.2, 0.25) is 0 Å². The lowest BCUT2D eigenvalue weighted by molar-refractivity contribution is -0.167. The Bertz CT molecular complexity index is 1150. The third kappa shape index (κ3) is 61.0. The van der Waals surface area contributed by atoms with Gasteiger partial charge in [0.05, 0.1) is 0 Å². The number of ether oxygens (including phenoxy) is 3. The first kappa shape index (κ1) is 72.2. The molecule has 0 aliphatic rings. The van der Waals surface area contributed by atoms with Gasteiger partial charge < -0.3 is 14.2 Å². The highest BCUT2D eigenvalue weighted by atomic mass is 16.6. The van der Waals surface area contributed by atoms with Crippen molar-refractivity contribution in [2.75, 3.05) is 13.2 Å². The van der Waals surface area contributed by atoms with E-state index in [2.05, 4.69) is 32.9 Å². The zero-order valence-electron chi connectivity index (χ0n) is 50.4. The summed E-state index contributed by atoms with van der Waals surface area (Å²) in [5.41, 5.74) is 0. The number of allylic oxidation sites excluding steroid dienone is 2. The molecule has 0 aromatic rings. The van der Waals surface area contributed by atoms with Crippen LogP contribution in [0.25, 0.3) is 0 Å². The Morgan fingerprint density at radius 1 is 0.257 bits per heavy atom. The summed E-state index contributed by atoms with van der Waals surface area (Å²) in [5.74, 6) is -0.841. The molecule has 0 radical (unpaired) electrons. The SMILES string of the molecule is CCCCCCCC/C=C\CCCCCCCC(=O)OCC(COC(=O)CCCCCCCCCCCCCCCCCCCCCCCC)OC(=O)CCCCCCCCCCCCCCCCCCCCC. The summed E-state index contributed by atoms with van der Waals surface area (Å²) in [4.78, 5) is 38.4. The summed E-state index contributed by atoms with van der Waals surface area (Å²) >= 11 is 0. The van der Waals surface area contributed by atoms with Crippen molar-refractivity contribution in [2.24, 2.45) is 0 Å². The van der Waals surface area contributed by atoms with Crippen molar-refractivity contribution in [1.82, 2.24) is 0 Å². The van der Waals surface area contributed by atoms with E-state index in [4.69, 9.17) is 14.2 Å². The van der Waals surface area contributed by atoms with E-state index in [-0.39, 0.29) is 31.1 Å². The molecule has 0 amide bonds. The molecule has 0 saturated carbocycles. The second-order valence-electron chi connectivity index (χ2n) is 23.1. The number of carbonyl (C=O) groups is 3. The van der Waals surface area contributed by atoms with Gasteiger partial charge in [0, 0.05) is 19.3 Å². The summed E-state index contributed by atoms with van der Waals surface area (Å²) in [7, 11) is 0. The molecule has 0 aliphatic heterocycles. The van der Waals surface area contributed by atoms with E-state index in [0.717, 1.165) is 64.2 Å². The fraction of sp³-hybridized carbons (Fsp3) is 0.926. The summed E-state index contributed by atoms with van der Waals surface area (Å²) < 4.78 is 17.0. The van der Waals surface area contributed by atoms with Gasteiger partial charge in [0.15, 0.2) is 6.10 Å². The topological polar surface area (TPSA) is 78.9 Å². The lowest BCUT2D eigenvalue weighted by atomic mass is 10.0. The fourth-order valence-corrected chi connectivity index (χ4v) is 10.4. The van der Waals surface area contributed by atoms with Crippen LogP contribution in [0.15, 0.2) is 12.2 Å². The lowest BCUT2D eigenvalue weighted by Crippen LogP contribution is -2.30. The normalized spacial score (nSPS) is 12.0. The van der Waals surface area contributed by atoms with Crippen LogP contribution >= 0.6 is 0 Å². The van der Waals surface area contributed by atoms with E-state index in [1.54, 1.807) is 0 Å². The standard InChI is InChI=1S/C68H130O6/c1-4-7-10-13-16-19-22-25-28-30-32-33-34-36-37-40-43-46-49-52-55-58-61-67(70)73-64-65(63-72-66(69)60-57-54-51-48-45-42-39-27-24-21-18-15-12-9-6-3)74-68(71)62-59-56-53-50-47-44-41-38-35-31-29-26-23-20-17-14-11-8-5-2/h27,39,65H,4-26,28-38,40-64H2,1-3H3/b39-27-. The van der Waals surface area contributed by atoms with Crippen LogP contribution in [0.2, 0.25) is 0 Å². The van der Waals surface area contributed by atoms with Gasteiger partial charge in [-0.25, -0.2) is 0 Å². The van der Waals surface area contributed by atoms with Crippen molar-refractivity contribution < 1.29 is 28.6 Å². The number of carbonyl (C=O) groups excluding carboxylic acids is 3. The number of esters is 3. The van der Waals surface area contributed by atoms with Crippen molar-refractivity contribution in [2.45, 2.75) is 393 Å². The number of hydrogen-bond donors (Lipinski definition) is 0. The average Bonchev–Trinajstić information content (AvgIpc) is 3.40. The molecule has 1 unspecified atom stereocenters. The maximum absolute atomic E-state index is 12.9. The van der Waals surface area contributed by atoms with Crippen LogP contribution in [0, 0.1) is 0 Å². The first-order chi connectivity index (χ1) is 36.5. The summed E-state index contributed by atoms with van der Waals surface area (Å²) in [5, 5.41) is 0. The third-order valence-corrected chi connectivity index (χ3v) is 15.5. The van der Waals surface area contributed by atoms with E-state index < -0.39 is 6.10 Å². The molecule has 6 heteroatoms. The molecule has 0 spiro atoms. The molecule has 74 heavy (non-hydrogen) atoms. The second-order valence-corrected chi connectivity index (χ2v) is 23.1. The molecule has 0 saturated heterocycles. The molecule has 0 rings (SSSR count). The summed E-state index contributed by atoms with van der Waals surface area (Å²) in [6.07, 6.45) is 75.1. The van der Waals surface area contributed by atoms with Gasteiger partial charge in [-0.2, -0.15) is 0 Å². The van der Waals surface area contributed by atoms with Crippen LogP contribution in [-0.2, 0) is 28.6 Å². The Labute approximate surface area is 462 Å². The van der Waals surface area contributed by atoms with E-state index >= 15 is 0 Å². The molecule has 0 aliphatic carbocycles. The maximum Gasteiger partial charge on any atom is 0.306 e. The molecule has 0 aromatic carbocycles. The highest BCUT2D eigenvalue weighted by Crippen LogP contribution is 2.19. The van der Waals surface area contributed by atoms with Gasteiger partial charge in [0.1, 0.15) is 13.2 Å². The predicted octanol–water partition coefficient (Wildman–Crippen LogP) is 22.8. The van der Waals surface area contributed by atoms with Crippen molar-refractivity contribution >= 4 is 17.9 Å². The van der Waals surface area contributed by atoms with Crippen LogP contribution in [0.5, 0.6) is 0 Å². The van der Waals surface area contributed by atoms with E-state index in [1.807, 2.05) is 0 Å². The highest BCUT2D eigenvalue weighted by molar-refractivity contribution is 5.71. The Hall–Kier alpha value is -1.85. The van der Waals surface area contributed by atoms with Crippen LogP contribution in [0.1, 0.15) is 387 Å². The Morgan fingerprint density at radius 3 is 0.676 bits per heavy atom. The highest BCUT2D eigenvalue weighted by Gasteiger charge is 2.19. The minimum atomic E-state index is -0.769. The van der Waals surface area contributed by atoms with Gasteiger partial charge in [-0.3, -0.25) is 14.4 Å². The van der Waals surface area contributed by atoms with Crippen LogP contribution < -0.4 is 0 Å². The minimum Gasteiger partial charge on any atom is -0.462 e. The van der Waals surface area contributed by atoms with Crippen LogP contribution in [0.4, 0.5) is 0 Å². The molecule has 0 aromatic heterocycles. The monoisotopic (exact) mass is 1040 g/mol. The molecular weight excluding hydrogens is 913 g/mol. The number of unbranched alkanes of at least 4 members (excludes halogenated alkanes) is 50. The van der Waals surface area contributed by atoms with Gasteiger partial charge >= 0.3 is 17.9 Å². The summed E-state index contributed by atoms with van der Waals surface area (Å²) in [6, 6.07) is 0. The Kier molecular flexibility index (Phi) is 62.1. The molecular formula is C68H130O6. The quantitative estimate of drug-likeness (QED) is 0.0261. The number of hydrogen-bond acceptors (Lipinski definition) is 6. The maximum atomic E-state index is 12.9. The van der Waals surface area contributed by atoms with Gasteiger partial charge in [-0.15, -0.1) is 0 Å². The zero-order valence-corrected chi connectivity index (χ0v) is 50.4. The second kappa shape index (κ2) is 63.7. The van der Waals surface area contributed by atoms with Gasteiger partial charge in [-0.05, 0) is 44.9 Å². The molecule has 6 nitrogen and oxygen atoms in total. The van der Waals surface area contributed by atoms with Crippen molar-refractivity contribution in [3.8, 4) is 0 Å². The molecule has 1 atom stereocenters. The van der Waals surface area contributed by atoms with Crippen LogP contribution in [-0.4, -0.2) is 37.2 Å². The van der Waals surface area contributed by atoms with E-state index in [9.17, 15) is 14.4 Å². The molecule has 0 bridgehead atoms. The third-order valence-electron chi connectivity index (χ3n) is 15.5. The van der Waals surface area contributed by atoms with E-state index in [1.165, 1.54) is 283 Å². The van der Waals surface area contributed by atoms with Crippen molar-refractivity contribution in [3.05, 3.63) is 12.2 Å². The summed E-state index contributed by atoms with van der Waals surface area (Å²) in [6.45, 7) is 6.72. The minimum absolute atomic E-state index is 0.0657. The van der Waals surface area contributed by atoms with Crippen molar-refractivity contribution in [3.63, 3.8) is 0 Å². The molecule has 0 heterocycles. The van der Waals surface area contributed by atoms with Gasteiger partial charge in [-0.1, -0.05) is 335 Å². The smallest absolute Gasteiger partial charge is 0.306 e. The van der Waals surface area contributed by atoms with Gasteiger partial charge in [0.25, 0.3) is 0 Å². The largest absolute Gasteiger partial charge is 0.462 e. The first-order valence-electron chi connectivity index (χ1n) is 33.7. The average molecular weight is 1040 g/mol. The predicted molar refractivity (Wildman–Crippen MR) is 321 cm³/mol. The molecule has 0 fully saturated rings. The number of rotatable bonds is 63. The van der Waals surface area contributed by atoms with Crippen molar-refractivity contribution in [1.29, 1.82) is 0 Å². The fourth-order valence-electron chi connectivity index (χ4n) is 10.4.